The Labute approximate surface area is 89.9 Å². The molecular formula is C12H15NO2. The number of nitrogens with zero attached hydrogens (tertiary/aromatic N) is 1. The zero-order valence-electron chi connectivity index (χ0n) is 9.06. The number of methoxy groups -OCH3 is 2. The van der Waals surface area contributed by atoms with Crippen LogP contribution in [0.4, 0.5) is 5.69 Å². The average molecular weight is 205 g/mol. The first kappa shape index (κ1) is 9.90. The molecule has 3 heteroatoms. The van der Waals surface area contributed by atoms with Crippen LogP contribution in [-0.4, -0.2) is 27.3 Å². The van der Waals surface area contributed by atoms with Crippen LogP contribution >= 0.6 is 0 Å². The number of ether oxygens (including phenoxy) is 2. The van der Waals surface area contributed by atoms with E-state index in [-0.39, 0.29) is 0 Å². The van der Waals surface area contributed by atoms with E-state index in [1.807, 2.05) is 18.2 Å². The van der Waals surface area contributed by atoms with Crippen LogP contribution in [0.25, 0.3) is 0 Å². The molecule has 0 aliphatic carbocycles. The molecule has 0 aromatic heterocycles. The number of rotatable bonds is 3. The van der Waals surface area contributed by atoms with Gasteiger partial charge in [0.15, 0.2) is 0 Å². The summed E-state index contributed by atoms with van der Waals surface area (Å²) in [6.45, 7) is 1.89. The summed E-state index contributed by atoms with van der Waals surface area (Å²) in [5.41, 5.74) is 1.11. The Morgan fingerprint density at radius 3 is 2.40 bits per heavy atom. The van der Waals surface area contributed by atoms with Gasteiger partial charge in [0, 0.05) is 19.2 Å². The molecule has 0 amide bonds. The summed E-state index contributed by atoms with van der Waals surface area (Å²) in [5, 5.41) is 0. The average Bonchev–Trinajstić information content (AvgIpc) is 2.81. The molecule has 80 valence electrons. The lowest BCUT2D eigenvalue weighted by Gasteiger charge is -2.20. The Hall–Kier alpha value is -1.64. The van der Waals surface area contributed by atoms with Crippen LogP contribution in [0.2, 0.25) is 0 Å². The smallest absolute Gasteiger partial charge is 0.145 e. The maximum atomic E-state index is 5.35. The van der Waals surface area contributed by atoms with E-state index in [1.54, 1.807) is 14.2 Å². The van der Waals surface area contributed by atoms with Gasteiger partial charge in [0.25, 0.3) is 0 Å². The van der Waals surface area contributed by atoms with Gasteiger partial charge in [0.05, 0.1) is 19.9 Å². The van der Waals surface area contributed by atoms with Crippen LogP contribution in [0.5, 0.6) is 11.5 Å². The standard InChI is InChI=1S/C12H15NO2/c1-14-10-5-6-11(12(9-10)15-2)13-7-3-4-8-13/h3-6,9H,7-8H2,1-2H3. The summed E-state index contributed by atoms with van der Waals surface area (Å²) in [5.74, 6) is 1.68. The molecule has 0 bridgehead atoms. The van der Waals surface area contributed by atoms with Crippen molar-refractivity contribution >= 4 is 5.69 Å². The van der Waals surface area contributed by atoms with E-state index in [2.05, 4.69) is 17.1 Å². The molecule has 1 heterocycles. The lowest BCUT2D eigenvalue weighted by Crippen LogP contribution is -2.19. The Kier molecular flexibility index (Phi) is 2.81. The van der Waals surface area contributed by atoms with E-state index in [0.29, 0.717) is 0 Å². The van der Waals surface area contributed by atoms with Crippen molar-refractivity contribution in [2.45, 2.75) is 0 Å². The summed E-state index contributed by atoms with van der Waals surface area (Å²) >= 11 is 0. The minimum atomic E-state index is 0.822. The first-order valence-corrected chi connectivity index (χ1v) is 4.97. The highest BCUT2D eigenvalue weighted by Crippen LogP contribution is 2.32. The second-order valence-electron chi connectivity index (χ2n) is 3.41. The minimum Gasteiger partial charge on any atom is -0.497 e. The normalized spacial score (nSPS) is 14.4. The zero-order valence-corrected chi connectivity index (χ0v) is 9.06. The third-order valence-corrected chi connectivity index (χ3v) is 2.55. The van der Waals surface area contributed by atoms with E-state index in [0.717, 1.165) is 30.3 Å². The molecule has 0 atom stereocenters. The molecule has 2 rings (SSSR count). The van der Waals surface area contributed by atoms with Crippen LogP contribution in [0.1, 0.15) is 0 Å². The van der Waals surface area contributed by atoms with Gasteiger partial charge in [-0.05, 0) is 12.1 Å². The van der Waals surface area contributed by atoms with Crippen molar-refractivity contribution < 1.29 is 9.47 Å². The van der Waals surface area contributed by atoms with Gasteiger partial charge in [-0.25, -0.2) is 0 Å². The predicted octanol–water partition coefficient (Wildman–Crippen LogP) is 2.08. The van der Waals surface area contributed by atoms with E-state index >= 15 is 0 Å². The minimum absolute atomic E-state index is 0.822. The topological polar surface area (TPSA) is 21.7 Å². The highest BCUT2D eigenvalue weighted by atomic mass is 16.5. The van der Waals surface area contributed by atoms with Crippen molar-refractivity contribution in [2.24, 2.45) is 0 Å². The fraction of sp³-hybridized carbons (Fsp3) is 0.333. The van der Waals surface area contributed by atoms with Crippen LogP contribution in [0.3, 0.4) is 0 Å². The maximum Gasteiger partial charge on any atom is 0.145 e. The van der Waals surface area contributed by atoms with Gasteiger partial charge in [0.2, 0.25) is 0 Å². The Bertz CT molecular complexity index is 366. The van der Waals surface area contributed by atoms with E-state index in [9.17, 15) is 0 Å². The van der Waals surface area contributed by atoms with Gasteiger partial charge in [-0.15, -0.1) is 0 Å². The summed E-state index contributed by atoms with van der Waals surface area (Å²) < 4.78 is 10.5. The quantitative estimate of drug-likeness (QED) is 0.705. The molecular weight excluding hydrogens is 190 g/mol. The third kappa shape index (κ3) is 1.91. The molecule has 1 aliphatic rings. The molecule has 1 aromatic carbocycles. The summed E-state index contributed by atoms with van der Waals surface area (Å²) in [7, 11) is 3.34. The molecule has 0 N–H and O–H groups in total. The number of anilines is 1. The van der Waals surface area contributed by atoms with Crippen LogP contribution in [0.15, 0.2) is 30.4 Å². The van der Waals surface area contributed by atoms with Crippen molar-refractivity contribution in [3.63, 3.8) is 0 Å². The van der Waals surface area contributed by atoms with Crippen LogP contribution < -0.4 is 14.4 Å². The van der Waals surface area contributed by atoms with Crippen molar-refractivity contribution in [2.75, 3.05) is 32.2 Å². The van der Waals surface area contributed by atoms with Gasteiger partial charge in [-0.1, -0.05) is 12.2 Å². The first-order chi connectivity index (χ1) is 7.35. The molecule has 0 spiro atoms. The fourth-order valence-corrected chi connectivity index (χ4v) is 1.72. The molecule has 0 saturated heterocycles. The van der Waals surface area contributed by atoms with E-state index in [4.69, 9.17) is 9.47 Å². The highest BCUT2D eigenvalue weighted by Gasteiger charge is 2.13. The maximum absolute atomic E-state index is 5.35. The first-order valence-electron chi connectivity index (χ1n) is 4.97. The summed E-state index contributed by atoms with van der Waals surface area (Å²) in [4.78, 5) is 2.25. The van der Waals surface area contributed by atoms with Crippen molar-refractivity contribution in [3.8, 4) is 11.5 Å². The van der Waals surface area contributed by atoms with Crippen LogP contribution in [-0.2, 0) is 0 Å². The molecule has 0 unspecified atom stereocenters. The van der Waals surface area contributed by atoms with Crippen molar-refractivity contribution in [1.29, 1.82) is 0 Å². The van der Waals surface area contributed by atoms with Gasteiger partial charge in [-0.3, -0.25) is 0 Å². The van der Waals surface area contributed by atoms with Crippen molar-refractivity contribution in [3.05, 3.63) is 30.4 Å². The second kappa shape index (κ2) is 4.26. The predicted molar refractivity (Wildman–Crippen MR) is 60.9 cm³/mol. The van der Waals surface area contributed by atoms with Crippen molar-refractivity contribution in [1.82, 2.24) is 0 Å². The highest BCUT2D eigenvalue weighted by molar-refractivity contribution is 5.62. The lowest BCUT2D eigenvalue weighted by atomic mass is 10.2. The number of benzene rings is 1. The molecule has 15 heavy (non-hydrogen) atoms. The molecule has 0 fully saturated rings. The SMILES string of the molecule is COc1ccc(N2CC=CC2)c(OC)c1. The Morgan fingerprint density at radius 2 is 1.80 bits per heavy atom. The summed E-state index contributed by atoms with van der Waals surface area (Å²) in [6.07, 6.45) is 4.31. The zero-order chi connectivity index (χ0) is 10.7. The van der Waals surface area contributed by atoms with Gasteiger partial charge in [0.1, 0.15) is 11.5 Å². The number of hydrogen-bond donors (Lipinski definition) is 0. The monoisotopic (exact) mass is 205 g/mol. The van der Waals surface area contributed by atoms with Gasteiger partial charge < -0.3 is 14.4 Å². The Morgan fingerprint density at radius 1 is 1.07 bits per heavy atom. The van der Waals surface area contributed by atoms with Gasteiger partial charge >= 0.3 is 0 Å². The second-order valence-corrected chi connectivity index (χ2v) is 3.41. The molecule has 1 aliphatic heterocycles. The lowest BCUT2D eigenvalue weighted by molar-refractivity contribution is 0.394. The number of hydrogen-bond acceptors (Lipinski definition) is 3. The molecule has 0 saturated carbocycles. The Balaban J connectivity index is 2.29. The van der Waals surface area contributed by atoms with Crippen LogP contribution in [0, 0.1) is 0 Å². The molecule has 3 nitrogen and oxygen atoms in total. The fourth-order valence-electron chi connectivity index (χ4n) is 1.72. The van der Waals surface area contributed by atoms with E-state index < -0.39 is 0 Å². The molecule has 0 radical (unpaired) electrons. The summed E-state index contributed by atoms with van der Waals surface area (Å²) in [6, 6.07) is 5.90. The molecule has 1 aromatic rings. The van der Waals surface area contributed by atoms with Gasteiger partial charge in [-0.2, -0.15) is 0 Å². The van der Waals surface area contributed by atoms with E-state index in [1.165, 1.54) is 0 Å². The third-order valence-electron chi connectivity index (χ3n) is 2.55. The largest absolute Gasteiger partial charge is 0.497 e.